The van der Waals surface area contributed by atoms with E-state index < -0.39 is 0 Å². The number of methoxy groups -OCH3 is 1. The summed E-state index contributed by atoms with van der Waals surface area (Å²) in [5, 5.41) is 0. The summed E-state index contributed by atoms with van der Waals surface area (Å²) in [6.45, 7) is 4.28. The number of nitrogens with zero attached hydrogens (tertiary/aromatic N) is 3. The third-order valence-electron chi connectivity index (χ3n) is 4.57. The zero-order valence-electron chi connectivity index (χ0n) is 15.4. The molecule has 2 aromatic carbocycles. The number of hydrogen-bond acceptors (Lipinski definition) is 4. The van der Waals surface area contributed by atoms with Crippen LogP contribution in [0.5, 0.6) is 5.75 Å². The van der Waals surface area contributed by atoms with Crippen molar-refractivity contribution in [3.8, 4) is 22.7 Å². The highest BCUT2D eigenvalue weighted by Crippen LogP contribution is 2.32. The third-order valence-corrected chi connectivity index (χ3v) is 4.57. The topological polar surface area (TPSA) is 72.8 Å². The van der Waals surface area contributed by atoms with Crippen LogP contribution in [0.3, 0.4) is 0 Å². The first-order valence-electron chi connectivity index (χ1n) is 8.80. The van der Waals surface area contributed by atoms with Crippen molar-refractivity contribution in [1.29, 1.82) is 0 Å². The number of rotatable bonds is 4. The number of imidazole rings is 1. The molecule has 0 aliphatic rings. The Morgan fingerprint density at radius 1 is 1.11 bits per heavy atom. The van der Waals surface area contributed by atoms with Gasteiger partial charge >= 0.3 is 5.69 Å². The Bertz CT molecular complexity index is 1160. The molecule has 4 rings (SSSR count). The molecule has 0 unspecified atom stereocenters. The molecule has 6 heteroatoms. The largest absolute Gasteiger partial charge is 0.496 e. The minimum absolute atomic E-state index is 0.267. The highest BCUT2D eigenvalue weighted by atomic mass is 16.5. The Labute approximate surface area is 156 Å². The van der Waals surface area contributed by atoms with Gasteiger partial charge < -0.3 is 4.74 Å². The summed E-state index contributed by atoms with van der Waals surface area (Å²) in [5.41, 5.74) is 4.10. The normalized spacial score (nSPS) is 11.3. The summed E-state index contributed by atoms with van der Waals surface area (Å²) in [7, 11) is 1.63. The molecule has 0 bridgehead atoms. The van der Waals surface area contributed by atoms with E-state index in [0.29, 0.717) is 22.9 Å². The quantitative estimate of drug-likeness (QED) is 0.599. The lowest BCUT2D eigenvalue weighted by atomic mass is 9.99. The number of fused-ring (bicyclic) bond motifs is 1. The third kappa shape index (κ3) is 2.99. The van der Waals surface area contributed by atoms with Crippen LogP contribution in [-0.2, 0) is 0 Å². The van der Waals surface area contributed by atoms with Crippen LogP contribution in [0.15, 0.2) is 59.5 Å². The van der Waals surface area contributed by atoms with Crippen molar-refractivity contribution in [2.24, 2.45) is 0 Å². The molecule has 0 amide bonds. The van der Waals surface area contributed by atoms with E-state index in [1.165, 1.54) is 10.1 Å². The Balaban J connectivity index is 1.95. The first kappa shape index (κ1) is 17.0. The fourth-order valence-electron chi connectivity index (χ4n) is 3.11. The van der Waals surface area contributed by atoms with Crippen molar-refractivity contribution in [2.45, 2.75) is 19.8 Å². The number of benzene rings is 2. The van der Waals surface area contributed by atoms with Crippen LogP contribution in [-0.4, -0.2) is 26.6 Å². The molecule has 2 aromatic heterocycles. The van der Waals surface area contributed by atoms with Crippen molar-refractivity contribution in [2.75, 3.05) is 7.11 Å². The lowest BCUT2D eigenvalue weighted by Crippen LogP contribution is -2.14. The van der Waals surface area contributed by atoms with Gasteiger partial charge in [-0.3, -0.25) is 4.98 Å². The fourth-order valence-corrected chi connectivity index (χ4v) is 3.11. The zero-order chi connectivity index (χ0) is 19.0. The molecule has 1 N–H and O–H groups in total. The Hall–Kier alpha value is -3.41. The maximum atomic E-state index is 12.5. The van der Waals surface area contributed by atoms with Crippen LogP contribution in [0, 0.1) is 0 Å². The smallest absolute Gasteiger partial charge is 0.333 e. The summed E-state index contributed by atoms with van der Waals surface area (Å²) in [6.07, 6.45) is 1.66. The molecule has 0 aliphatic heterocycles. The summed E-state index contributed by atoms with van der Waals surface area (Å²) >= 11 is 0. The molecule has 0 saturated carbocycles. The molecule has 136 valence electrons. The van der Waals surface area contributed by atoms with E-state index in [1.807, 2.05) is 36.4 Å². The van der Waals surface area contributed by atoms with E-state index in [2.05, 4.69) is 35.9 Å². The second kappa shape index (κ2) is 6.72. The minimum atomic E-state index is -0.267. The predicted molar refractivity (Wildman–Crippen MR) is 106 cm³/mol. The lowest BCUT2D eigenvalue weighted by Gasteiger charge is -2.12. The number of aromatic amines is 1. The number of aromatic nitrogens is 4. The number of nitrogens with one attached hydrogen (secondary N) is 1. The Morgan fingerprint density at radius 2 is 1.89 bits per heavy atom. The van der Waals surface area contributed by atoms with Gasteiger partial charge in [0.2, 0.25) is 0 Å². The van der Waals surface area contributed by atoms with Crippen LogP contribution in [0.2, 0.25) is 0 Å². The summed E-state index contributed by atoms with van der Waals surface area (Å²) in [5.74, 6) is 1.10. The van der Waals surface area contributed by atoms with Gasteiger partial charge in [0.05, 0.1) is 24.7 Å². The van der Waals surface area contributed by atoms with Crippen molar-refractivity contribution in [1.82, 2.24) is 19.5 Å². The lowest BCUT2D eigenvalue weighted by molar-refractivity contribution is 0.416. The molecule has 0 atom stereocenters. The minimum Gasteiger partial charge on any atom is -0.496 e. The molecular weight excluding hydrogens is 340 g/mol. The number of H-pyrrole nitrogens is 1. The van der Waals surface area contributed by atoms with Gasteiger partial charge in [0.25, 0.3) is 0 Å². The second-order valence-electron chi connectivity index (χ2n) is 6.64. The summed E-state index contributed by atoms with van der Waals surface area (Å²) < 4.78 is 7.05. The molecule has 0 spiro atoms. The first-order chi connectivity index (χ1) is 13.1. The molecule has 6 nitrogen and oxygen atoms in total. The maximum Gasteiger partial charge on any atom is 0.333 e. The van der Waals surface area contributed by atoms with Crippen LogP contribution in [0.25, 0.3) is 28.2 Å². The van der Waals surface area contributed by atoms with E-state index in [-0.39, 0.29) is 5.69 Å². The molecule has 0 aliphatic carbocycles. The van der Waals surface area contributed by atoms with E-state index in [1.54, 1.807) is 13.3 Å². The van der Waals surface area contributed by atoms with Gasteiger partial charge in [-0.15, -0.1) is 0 Å². The van der Waals surface area contributed by atoms with Gasteiger partial charge in [-0.1, -0.05) is 38.1 Å². The fraction of sp³-hybridized carbons (Fsp3) is 0.190. The molecule has 0 fully saturated rings. The van der Waals surface area contributed by atoms with Gasteiger partial charge in [0.1, 0.15) is 5.75 Å². The molecule has 27 heavy (non-hydrogen) atoms. The molecule has 0 radical (unpaired) electrons. The maximum absolute atomic E-state index is 12.5. The van der Waals surface area contributed by atoms with Crippen molar-refractivity contribution < 1.29 is 4.74 Å². The van der Waals surface area contributed by atoms with Crippen LogP contribution >= 0.6 is 0 Å². The second-order valence-corrected chi connectivity index (χ2v) is 6.64. The van der Waals surface area contributed by atoms with Crippen LogP contribution < -0.4 is 10.4 Å². The van der Waals surface area contributed by atoms with Gasteiger partial charge in [0.15, 0.2) is 11.3 Å². The molecular formula is C21H20N4O2. The Morgan fingerprint density at radius 3 is 2.59 bits per heavy atom. The average molecular weight is 360 g/mol. The molecule has 0 saturated heterocycles. The highest BCUT2D eigenvalue weighted by molar-refractivity contribution is 5.75. The summed E-state index contributed by atoms with van der Waals surface area (Å²) in [4.78, 5) is 24.4. The number of hydrogen-bond donors (Lipinski definition) is 1. The van der Waals surface area contributed by atoms with Gasteiger partial charge in [-0.05, 0) is 35.7 Å². The first-order valence-corrected chi connectivity index (χ1v) is 8.80. The van der Waals surface area contributed by atoms with Crippen molar-refractivity contribution >= 4 is 11.3 Å². The van der Waals surface area contributed by atoms with Crippen LogP contribution in [0.1, 0.15) is 25.3 Å². The van der Waals surface area contributed by atoms with Gasteiger partial charge in [-0.2, -0.15) is 0 Å². The number of ether oxygens (including phenoxy) is 1. The van der Waals surface area contributed by atoms with Gasteiger partial charge in [0, 0.05) is 5.56 Å². The zero-order valence-corrected chi connectivity index (χ0v) is 15.4. The summed E-state index contributed by atoms with van der Waals surface area (Å²) in [6, 6.07) is 15.5. The predicted octanol–water partition coefficient (Wildman–Crippen LogP) is 3.91. The Kier molecular flexibility index (Phi) is 4.24. The number of para-hydroxylation sites is 1. The van der Waals surface area contributed by atoms with E-state index in [9.17, 15) is 4.79 Å². The van der Waals surface area contributed by atoms with E-state index >= 15 is 0 Å². The molecule has 4 aromatic rings. The highest BCUT2D eigenvalue weighted by Gasteiger charge is 2.15. The van der Waals surface area contributed by atoms with Gasteiger partial charge in [-0.25, -0.2) is 19.3 Å². The average Bonchev–Trinajstić information content (AvgIpc) is 3.02. The standard InChI is InChI=1S/C21H20N4O2/c1-13(2)14-9-10-18(27-3)16(11-14)17-12-22-19-20(23-17)25(21(26)24-19)15-7-5-4-6-8-15/h4-13H,1-3H3,(H,22,24,26). The van der Waals surface area contributed by atoms with Crippen molar-refractivity contribution in [3.63, 3.8) is 0 Å². The van der Waals surface area contributed by atoms with Crippen LogP contribution in [0.4, 0.5) is 0 Å². The molecule has 2 heterocycles. The monoisotopic (exact) mass is 360 g/mol. The SMILES string of the molecule is COc1ccc(C(C)C)cc1-c1cnc2[nH]c(=O)n(-c3ccccc3)c2n1. The van der Waals surface area contributed by atoms with Crippen molar-refractivity contribution in [3.05, 3.63) is 70.8 Å². The van der Waals surface area contributed by atoms with E-state index in [4.69, 9.17) is 9.72 Å². The van der Waals surface area contributed by atoms with E-state index in [0.717, 1.165) is 17.0 Å².